The Kier molecular flexibility index (Phi) is 5.08. The Hall–Kier alpha value is -2.56. The Bertz CT molecular complexity index is 532. The number of ether oxygens (including phenoxy) is 1. The zero-order valence-corrected chi connectivity index (χ0v) is 10.0. The summed E-state index contributed by atoms with van der Waals surface area (Å²) in [5.41, 5.74) is -0.895. The first kappa shape index (κ1) is 15.5. The quantitative estimate of drug-likeness (QED) is 0.851. The van der Waals surface area contributed by atoms with E-state index >= 15 is 0 Å². The fourth-order valence-electron chi connectivity index (χ4n) is 1.23. The number of carbonyl (C=O) groups is 2. The molecule has 106 valence electrons. The highest BCUT2D eigenvalue weighted by molar-refractivity contribution is 5.95. The zero-order chi connectivity index (χ0) is 15.2. The molecule has 0 bridgehead atoms. The number of benzene rings is 1. The third kappa shape index (κ3) is 4.61. The van der Waals surface area contributed by atoms with Gasteiger partial charge in [0.05, 0.1) is 5.56 Å². The van der Waals surface area contributed by atoms with Gasteiger partial charge in [-0.2, -0.15) is 18.4 Å². The molecule has 0 spiro atoms. The van der Waals surface area contributed by atoms with E-state index < -0.39 is 36.8 Å². The van der Waals surface area contributed by atoms with Gasteiger partial charge >= 0.3 is 12.1 Å². The average molecular weight is 286 g/mol. The molecule has 0 aliphatic carbocycles. The van der Waals surface area contributed by atoms with Gasteiger partial charge in [-0.3, -0.25) is 9.59 Å². The smallest absolute Gasteiger partial charge is 0.416 e. The van der Waals surface area contributed by atoms with Crippen molar-refractivity contribution in [1.82, 2.24) is 5.32 Å². The Balaban J connectivity index is 2.57. The molecule has 8 heteroatoms. The van der Waals surface area contributed by atoms with E-state index in [1.54, 1.807) is 6.07 Å². The molecule has 0 radical (unpaired) electrons. The minimum Gasteiger partial charge on any atom is -0.449 e. The Morgan fingerprint density at radius 1 is 1.25 bits per heavy atom. The first-order valence-corrected chi connectivity index (χ1v) is 5.32. The molecule has 0 aliphatic heterocycles. The van der Waals surface area contributed by atoms with Crippen molar-refractivity contribution >= 4 is 11.9 Å². The Morgan fingerprint density at radius 2 is 1.85 bits per heavy atom. The molecule has 1 amide bonds. The zero-order valence-electron chi connectivity index (χ0n) is 10.0. The molecule has 1 N–H and O–H groups in total. The minimum absolute atomic E-state index is 0.0221. The standard InChI is InChI=1S/C12H9F3N2O3/c13-12(14,15)9-3-1-8(2-4-9)11(19)17-7-10(18)20-6-5-16/h1-4H,6-7H2,(H,17,19). The summed E-state index contributed by atoms with van der Waals surface area (Å²) in [4.78, 5) is 22.5. The van der Waals surface area contributed by atoms with Crippen molar-refractivity contribution in [3.63, 3.8) is 0 Å². The maximum atomic E-state index is 12.3. The summed E-state index contributed by atoms with van der Waals surface area (Å²) in [6.45, 7) is -0.906. The normalized spacial score (nSPS) is 10.5. The predicted octanol–water partition coefficient (Wildman–Crippen LogP) is 1.50. The highest BCUT2D eigenvalue weighted by Gasteiger charge is 2.30. The fraction of sp³-hybridized carbons (Fsp3) is 0.250. The number of nitriles is 1. The second-order valence-corrected chi connectivity index (χ2v) is 3.58. The molecule has 0 unspecified atom stereocenters. The number of hydrogen-bond donors (Lipinski definition) is 1. The molecule has 0 heterocycles. The van der Waals surface area contributed by atoms with E-state index in [0.29, 0.717) is 0 Å². The fourth-order valence-corrected chi connectivity index (χ4v) is 1.23. The molecule has 0 atom stereocenters. The summed E-state index contributed by atoms with van der Waals surface area (Å²) < 4.78 is 41.3. The van der Waals surface area contributed by atoms with Gasteiger partial charge in [-0.1, -0.05) is 0 Å². The van der Waals surface area contributed by atoms with E-state index in [4.69, 9.17) is 5.26 Å². The number of nitrogens with zero attached hydrogens (tertiary/aromatic N) is 1. The van der Waals surface area contributed by atoms with Crippen LogP contribution in [0.25, 0.3) is 0 Å². The lowest BCUT2D eigenvalue weighted by Gasteiger charge is -2.08. The van der Waals surface area contributed by atoms with Crippen LogP contribution in [0.4, 0.5) is 13.2 Å². The number of nitrogens with one attached hydrogen (secondary N) is 1. The van der Waals surface area contributed by atoms with Crippen LogP contribution in [0.5, 0.6) is 0 Å². The Labute approximate surface area is 111 Å². The van der Waals surface area contributed by atoms with E-state index in [1.807, 2.05) is 0 Å². The lowest BCUT2D eigenvalue weighted by molar-refractivity contribution is -0.141. The molecule has 0 saturated heterocycles. The summed E-state index contributed by atoms with van der Waals surface area (Å²) in [7, 11) is 0. The summed E-state index contributed by atoms with van der Waals surface area (Å²) >= 11 is 0. The summed E-state index contributed by atoms with van der Waals surface area (Å²) in [5, 5.41) is 10.3. The van der Waals surface area contributed by atoms with Gasteiger partial charge < -0.3 is 10.1 Å². The molecular formula is C12H9F3N2O3. The lowest BCUT2D eigenvalue weighted by Crippen LogP contribution is -2.30. The molecule has 0 fully saturated rings. The highest BCUT2D eigenvalue weighted by atomic mass is 19.4. The van der Waals surface area contributed by atoms with Crippen LogP contribution in [0, 0.1) is 11.3 Å². The first-order chi connectivity index (χ1) is 9.34. The van der Waals surface area contributed by atoms with Gasteiger partial charge in [0.1, 0.15) is 12.6 Å². The number of carbonyl (C=O) groups excluding carboxylic acids is 2. The number of alkyl halides is 3. The molecule has 20 heavy (non-hydrogen) atoms. The molecule has 0 aliphatic rings. The van der Waals surface area contributed by atoms with Crippen LogP contribution >= 0.6 is 0 Å². The van der Waals surface area contributed by atoms with Gasteiger partial charge in [0.15, 0.2) is 6.61 Å². The molecule has 1 rings (SSSR count). The van der Waals surface area contributed by atoms with Crippen molar-refractivity contribution < 1.29 is 27.5 Å². The third-order valence-electron chi connectivity index (χ3n) is 2.17. The second kappa shape index (κ2) is 6.56. The number of halogens is 3. The van der Waals surface area contributed by atoms with Gasteiger partial charge in [0.2, 0.25) is 0 Å². The van der Waals surface area contributed by atoms with Gasteiger partial charge in [0.25, 0.3) is 5.91 Å². The average Bonchev–Trinajstić information content (AvgIpc) is 2.41. The SMILES string of the molecule is N#CCOC(=O)CNC(=O)c1ccc(C(F)(F)F)cc1. The predicted molar refractivity (Wildman–Crippen MR) is 60.3 cm³/mol. The maximum absolute atomic E-state index is 12.3. The number of esters is 1. The highest BCUT2D eigenvalue weighted by Crippen LogP contribution is 2.28. The van der Waals surface area contributed by atoms with Gasteiger partial charge in [-0.15, -0.1) is 0 Å². The van der Waals surface area contributed by atoms with Crippen LogP contribution in [-0.4, -0.2) is 25.0 Å². The van der Waals surface area contributed by atoms with E-state index in [1.165, 1.54) is 0 Å². The first-order valence-electron chi connectivity index (χ1n) is 5.32. The molecule has 1 aromatic carbocycles. The number of rotatable bonds is 4. The summed E-state index contributed by atoms with van der Waals surface area (Å²) in [6, 6.07) is 5.11. The van der Waals surface area contributed by atoms with Crippen LogP contribution in [-0.2, 0) is 15.7 Å². The van der Waals surface area contributed by atoms with E-state index in [-0.39, 0.29) is 5.56 Å². The van der Waals surface area contributed by atoms with Gasteiger partial charge in [-0.25, -0.2) is 0 Å². The van der Waals surface area contributed by atoms with Crippen LogP contribution in [0.3, 0.4) is 0 Å². The summed E-state index contributed by atoms with van der Waals surface area (Å²) in [5.74, 6) is -1.53. The van der Waals surface area contributed by atoms with Crippen molar-refractivity contribution in [1.29, 1.82) is 5.26 Å². The third-order valence-corrected chi connectivity index (χ3v) is 2.17. The van der Waals surface area contributed by atoms with Crippen LogP contribution in [0.2, 0.25) is 0 Å². The van der Waals surface area contributed by atoms with Crippen molar-refractivity contribution in [3.8, 4) is 6.07 Å². The minimum atomic E-state index is -4.48. The van der Waals surface area contributed by atoms with Crippen molar-refractivity contribution in [2.75, 3.05) is 13.2 Å². The molecular weight excluding hydrogens is 277 g/mol. The van der Waals surface area contributed by atoms with Crippen LogP contribution in [0.15, 0.2) is 24.3 Å². The van der Waals surface area contributed by atoms with Crippen molar-refractivity contribution in [2.24, 2.45) is 0 Å². The molecule has 0 aromatic heterocycles. The maximum Gasteiger partial charge on any atom is 0.416 e. The van der Waals surface area contributed by atoms with Crippen molar-refractivity contribution in [3.05, 3.63) is 35.4 Å². The van der Waals surface area contributed by atoms with E-state index in [9.17, 15) is 22.8 Å². The van der Waals surface area contributed by atoms with Gasteiger partial charge in [0, 0.05) is 5.56 Å². The topological polar surface area (TPSA) is 79.2 Å². The second-order valence-electron chi connectivity index (χ2n) is 3.58. The number of hydrogen-bond acceptors (Lipinski definition) is 4. The van der Waals surface area contributed by atoms with Crippen molar-refractivity contribution in [2.45, 2.75) is 6.18 Å². The molecule has 0 saturated carbocycles. The monoisotopic (exact) mass is 286 g/mol. The largest absolute Gasteiger partial charge is 0.449 e. The Morgan fingerprint density at radius 3 is 2.35 bits per heavy atom. The van der Waals surface area contributed by atoms with E-state index in [0.717, 1.165) is 24.3 Å². The lowest BCUT2D eigenvalue weighted by atomic mass is 10.1. The summed E-state index contributed by atoms with van der Waals surface area (Å²) in [6.07, 6.45) is -4.48. The molecule has 5 nitrogen and oxygen atoms in total. The number of amides is 1. The van der Waals surface area contributed by atoms with Crippen LogP contribution in [0.1, 0.15) is 15.9 Å². The van der Waals surface area contributed by atoms with E-state index in [2.05, 4.69) is 10.1 Å². The van der Waals surface area contributed by atoms with Crippen LogP contribution < -0.4 is 5.32 Å². The van der Waals surface area contributed by atoms with Gasteiger partial charge in [-0.05, 0) is 24.3 Å². The molecule has 1 aromatic rings.